The Bertz CT molecular complexity index is 385. The first-order valence-electron chi connectivity index (χ1n) is 4.25. The van der Waals surface area contributed by atoms with Crippen molar-refractivity contribution in [2.24, 2.45) is 5.73 Å². The van der Waals surface area contributed by atoms with E-state index in [2.05, 4.69) is 12.2 Å². The van der Waals surface area contributed by atoms with Crippen LogP contribution in [0.5, 0.6) is 0 Å². The average molecular weight is 233 g/mol. The van der Waals surface area contributed by atoms with Gasteiger partial charge in [-0.05, 0) is 24.1 Å². The first-order valence-corrected chi connectivity index (χ1v) is 4.66. The van der Waals surface area contributed by atoms with E-state index in [0.717, 1.165) is 6.07 Å². The number of hydrogen-bond acceptors (Lipinski definition) is 1. The van der Waals surface area contributed by atoms with E-state index in [4.69, 9.17) is 5.73 Å². The minimum Gasteiger partial charge on any atom is -0.393 e. The van der Waals surface area contributed by atoms with Gasteiger partial charge in [-0.15, -0.1) is 0 Å². The SMILES string of the molecule is Cc1ccc(CC(N)=S)cc1C(F)(F)F. The van der Waals surface area contributed by atoms with Gasteiger partial charge in [0.25, 0.3) is 0 Å². The fourth-order valence-electron chi connectivity index (χ4n) is 1.29. The third-order valence-corrected chi connectivity index (χ3v) is 2.13. The van der Waals surface area contributed by atoms with Crippen LogP contribution < -0.4 is 5.73 Å². The van der Waals surface area contributed by atoms with Crippen LogP contribution in [0.3, 0.4) is 0 Å². The van der Waals surface area contributed by atoms with E-state index in [1.807, 2.05) is 0 Å². The molecule has 0 saturated heterocycles. The Labute approximate surface area is 91.1 Å². The van der Waals surface area contributed by atoms with Crippen LogP contribution in [0.1, 0.15) is 16.7 Å². The van der Waals surface area contributed by atoms with Gasteiger partial charge in [0.2, 0.25) is 0 Å². The van der Waals surface area contributed by atoms with Crippen molar-refractivity contribution >= 4 is 17.2 Å². The molecule has 0 spiro atoms. The summed E-state index contributed by atoms with van der Waals surface area (Å²) >= 11 is 4.64. The minimum atomic E-state index is -4.32. The highest BCUT2D eigenvalue weighted by Crippen LogP contribution is 2.32. The van der Waals surface area contributed by atoms with Crippen LogP contribution in [-0.2, 0) is 12.6 Å². The number of halogens is 3. The first-order chi connectivity index (χ1) is 6.80. The van der Waals surface area contributed by atoms with Crippen LogP contribution in [0.2, 0.25) is 0 Å². The van der Waals surface area contributed by atoms with E-state index in [-0.39, 0.29) is 17.0 Å². The number of nitrogens with two attached hydrogens (primary N) is 1. The lowest BCUT2D eigenvalue weighted by atomic mass is 10.0. The fourth-order valence-corrected chi connectivity index (χ4v) is 1.45. The number of alkyl halides is 3. The summed E-state index contributed by atoms with van der Waals surface area (Å²) in [4.78, 5) is 0.187. The predicted octanol–water partition coefficient (Wildman–Crippen LogP) is 2.84. The van der Waals surface area contributed by atoms with Gasteiger partial charge in [-0.1, -0.05) is 24.4 Å². The number of hydrogen-bond donors (Lipinski definition) is 1. The summed E-state index contributed by atoms with van der Waals surface area (Å²) in [6.45, 7) is 1.42. The number of benzene rings is 1. The van der Waals surface area contributed by atoms with Crippen LogP contribution in [0.4, 0.5) is 13.2 Å². The molecule has 0 aromatic heterocycles. The third-order valence-electron chi connectivity index (χ3n) is 1.99. The summed E-state index contributed by atoms with van der Waals surface area (Å²) < 4.78 is 37.5. The van der Waals surface area contributed by atoms with Crippen molar-refractivity contribution in [3.05, 3.63) is 34.9 Å². The number of aryl methyl sites for hydroxylation is 1. The fraction of sp³-hybridized carbons (Fsp3) is 0.300. The van der Waals surface area contributed by atoms with E-state index in [0.29, 0.717) is 5.56 Å². The Kier molecular flexibility index (Phi) is 3.34. The molecule has 0 aliphatic heterocycles. The Morgan fingerprint density at radius 3 is 2.47 bits per heavy atom. The van der Waals surface area contributed by atoms with Crippen molar-refractivity contribution in [2.75, 3.05) is 0 Å². The van der Waals surface area contributed by atoms with Crippen molar-refractivity contribution in [3.8, 4) is 0 Å². The standard InChI is InChI=1S/C10H10F3NS/c1-6-2-3-7(5-9(14)15)4-8(6)10(11,12)13/h2-4H,5H2,1H3,(H2,14,15). The molecule has 0 aliphatic carbocycles. The highest BCUT2D eigenvalue weighted by molar-refractivity contribution is 7.80. The van der Waals surface area contributed by atoms with E-state index in [1.54, 1.807) is 6.07 Å². The zero-order valence-electron chi connectivity index (χ0n) is 8.06. The maximum absolute atomic E-state index is 12.5. The quantitative estimate of drug-likeness (QED) is 0.795. The second kappa shape index (κ2) is 4.18. The summed E-state index contributed by atoms with van der Waals surface area (Å²) in [6, 6.07) is 4.12. The lowest BCUT2D eigenvalue weighted by Crippen LogP contribution is -2.13. The maximum Gasteiger partial charge on any atom is 0.416 e. The Balaban J connectivity index is 3.11. The zero-order chi connectivity index (χ0) is 11.6. The molecule has 1 rings (SSSR count). The molecule has 0 saturated carbocycles. The molecule has 1 nitrogen and oxygen atoms in total. The van der Waals surface area contributed by atoms with Gasteiger partial charge in [0.15, 0.2) is 0 Å². The van der Waals surface area contributed by atoms with Gasteiger partial charge in [0.1, 0.15) is 0 Å². The molecule has 15 heavy (non-hydrogen) atoms. The second-order valence-electron chi connectivity index (χ2n) is 3.29. The van der Waals surface area contributed by atoms with E-state index in [1.165, 1.54) is 13.0 Å². The molecular formula is C10H10F3NS. The number of thiocarbonyl (C=S) groups is 1. The minimum absolute atomic E-state index is 0.187. The van der Waals surface area contributed by atoms with Crippen LogP contribution in [0.15, 0.2) is 18.2 Å². The second-order valence-corrected chi connectivity index (χ2v) is 3.81. The van der Waals surface area contributed by atoms with Gasteiger partial charge in [-0.25, -0.2) is 0 Å². The molecule has 82 valence electrons. The van der Waals surface area contributed by atoms with Crippen molar-refractivity contribution in [1.82, 2.24) is 0 Å². The molecule has 1 aromatic carbocycles. The summed E-state index contributed by atoms with van der Waals surface area (Å²) in [7, 11) is 0. The highest BCUT2D eigenvalue weighted by atomic mass is 32.1. The van der Waals surface area contributed by atoms with Crippen molar-refractivity contribution in [2.45, 2.75) is 19.5 Å². The smallest absolute Gasteiger partial charge is 0.393 e. The maximum atomic E-state index is 12.5. The van der Waals surface area contributed by atoms with Crippen LogP contribution in [0, 0.1) is 6.92 Å². The third kappa shape index (κ3) is 3.20. The predicted molar refractivity (Wildman–Crippen MR) is 56.7 cm³/mol. The normalized spacial score (nSPS) is 11.5. The molecule has 0 radical (unpaired) electrons. The molecule has 0 atom stereocenters. The van der Waals surface area contributed by atoms with E-state index >= 15 is 0 Å². The summed E-state index contributed by atoms with van der Waals surface area (Å²) in [6.07, 6.45) is -4.13. The molecule has 0 bridgehead atoms. The molecule has 1 aromatic rings. The molecule has 0 heterocycles. The van der Waals surface area contributed by atoms with Crippen LogP contribution in [0.25, 0.3) is 0 Å². The van der Waals surface area contributed by atoms with E-state index in [9.17, 15) is 13.2 Å². The van der Waals surface area contributed by atoms with Gasteiger partial charge in [-0.2, -0.15) is 13.2 Å². The van der Waals surface area contributed by atoms with Gasteiger partial charge in [0, 0.05) is 6.42 Å². The zero-order valence-corrected chi connectivity index (χ0v) is 8.88. The van der Waals surface area contributed by atoms with Crippen molar-refractivity contribution < 1.29 is 13.2 Å². The Hall–Kier alpha value is -1.10. The van der Waals surface area contributed by atoms with Gasteiger partial charge >= 0.3 is 6.18 Å². The summed E-state index contributed by atoms with van der Waals surface area (Å²) in [5, 5.41) is 0. The van der Waals surface area contributed by atoms with Crippen molar-refractivity contribution in [1.29, 1.82) is 0 Å². The molecule has 0 fully saturated rings. The lowest BCUT2D eigenvalue weighted by Gasteiger charge is -2.11. The summed E-state index contributed by atoms with van der Waals surface area (Å²) in [5.41, 5.74) is 5.33. The van der Waals surface area contributed by atoms with Gasteiger partial charge in [-0.3, -0.25) is 0 Å². The topological polar surface area (TPSA) is 26.0 Å². The van der Waals surface area contributed by atoms with Gasteiger partial charge in [0.05, 0.1) is 10.6 Å². The molecule has 5 heteroatoms. The average Bonchev–Trinajstić information content (AvgIpc) is 2.05. The highest BCUT2D eigenvalue weighted by Gasteiger charge is 2.32. The van der Waals surface area contributed by atoms with Crippen molar-refractivity contribution in [3.63, 3.8) is 0 Å². The Morgan fingerprint density at radius 1 is 1.40 bits per heavy atom. The largest absolute Gasteiger partial charge is 0.416 e. The first kappa shape index (κ1) is 12.0. The molecule has 2 N–H and O–H groups in total. The lowest BCUT2D eigenvalue weighted by molar-refractivity contribution is -0.138. The molecule has 0 amide bonds. The molecule has 0 aliphatic rings. The van der Waals surface area contributed by atoms with Crippen LogP contribution in [-0.4, -0.2) is 4.99 Å². The monoisotopic (exact) mass is 233 g/mol. The van der Waals surface area contributed by atoms with E-state index < -0.39 is 11.7 Å². The molecular weight excluding hydrogens is 223 g/mol. The van der Waals surface area contributed by atoms with Gasteiger partial charge < -0.3 is 5.73 Å². The summed E-state index contributed by atoms with van der Waals surface area (Å²) in [5.74, 6) is 0. The molecule has 0 unspecified atom stereocenters. The number of rotatable bonds is 2. The Morgan fingerprint density at radius 2 is 2.00 bits per heavy atom. The van der Waals surface area contributed by atoms with Crippen LogP contribution >= 0.6 is 12.2 Å².